The predicted molar refractivity (Wildman–Crippen MR) is 103 cm³/mol. The van der Waals surface area contributed by atoms with Crippen LogP contribution in [-0.4, -0.2) is 33.7 Å². The molecule has 5 heteroatoms. The van der Waals surface area contributed by atoms with Gasteiger partial charge in [-0.1, -0.05) is 26.0 Å². The van der Waals surface area contributed by atoms with E-state index in [1.54, 1.807) is 6.08 Å². The molecule has 0 aliphatic heterocycles. The fourth-order valence-corrected chi connectivity index (χ4v) is 2.83. The number of carbonyl (C=O) groups excluding carboxylic acids is 1. The first-order valence-electron chi connectivity index (χ1n) is 8.75. The second-order valence-electron chi connectivity index (χ2n) is 6.19. The Morgan fingerprint density at radius 1 is 1.28 bits per heavy atom. The Kier molecular flexibility index (Phi) is 6.53. The lowest BCUT2D eigenvalue weighted by atomic mass is 10.1. The van der Waals surface area contributed by atoms with Crippen molar-refractivity contribution in [2.24, 2.45) is 7.05 Å². The van der Waals surface area contributed by atoms with Gasteiger partial charge in [-0.3, -0.25) is 14.4 Å². The summed E-state index contributed by atoms with van der Waals surface area (Å²) in [7, 11) is 1.90. The summed E-state index contributed by atoms with van der Waals surface area (Å²) in [6.07, 6.45) is 3.39. The van der Waals surface area contributed by atoms with Crippen LogP contribution in [0, 0.1) is 13.8 Å². The third-order valence-electron chi connectivity index (χ3n) is 4.46. The summed E-state index contributed by atoms with van der Waals surface area (Å²) in [4.78, 5) is 14.6. The van der Waals surface area contributed by atoms with E-state index in [9.17, 15) is 4.79 Å². The molecular formula is C20H28N4O. The maximum absolute atomic E-state index is 12.2. The van der Waals surface area contributed by atoms with Crippen LogP contribution in [0.4, 0.5) is 5.69 Å². The van der Waals surface area contributed by atoms with Gasteiger partial charge in [0.05, 0.1) is 5.69 Å². The van der Waals surface area contributed by atoms with Crippen LogP contribution in [0.1, 0.15) is 36.4 Å². The van der Waals surface area contributed by atoms with Gasteiger partial charge < -0.3 is 5.32 Å². The van der Waals surface area contributed by atoms with Crippen molar-refractivity contribution in [3.8, 4) is 0 Å². The largest absolute Gasteiger partial charge is 0.323 e. The van der Waals surface area contributed by atoms with Crippen molar-refractivity contribution in [3.63, 3.8) is 0 Å². The van der Waals surface area contributed by atoms with Crippen molar-refractivity contribution in [1.29, 1.82) is 0 Å². The average molecular weight is 340 g/mol. The lowest BCUT2D eigenvalue weighted by Crippen LogP contribution is -2.22. The molecular weight excluding hydrogens is 312 g/mol. The highest BCUT2D eigenvalue weighted by Crippen LogP contribution is 2.15. The van der Waals surface area contributed by atoms with Gasteiger partial charge in [-0.25, -0.2) is 0 Å². The van der Waals surface area contributed by atoms with Crippen LogP contribution in [0.5, 0.6) is 0 Å². The normalized spacial score (nSPS) is 11.4. The quantitative estimate of drug-likeness (QED) is 0.785. The molecule has 2 rings (SSSR count). The molecule has 0 atom stereocenters. The molecule has 134 valence electrons. The number of nitrogens with one attached hydrogen (secondary N) is 1. The van der Waals surface area contributed by atoms with Gasteiger partial charge in [0.25, 0.3) is 0 Å². The highest BCUT2D eigenvalue weighted by Gasteiger charge is 2.07. The van der Waals surface area contributed by atoms with E-state index in [1.165, 1.54) is 5.56 Å². The van der Waals surface area contributed by atoms with Gasteiger partial charge in [0.15, 0.2) is 0 Å². The van der Waals surface area contributed by atoms with Gasteiger partial charge in [-0.05, 0) is 50.7 Å². The molecule has 0 aliphatic rings. The van der Waals surface area contributed by atoms with Crippen molar-refractivity contribution in [2.75, 3.05) is 18.4 Å². The molecule has 1 N–H and O–H groups in total. The number of nitrogens with zero attached hydrogens (tertiary/aromatic N) is 3. The molecule has 0 aliphatic carbocycles. The number of aromatic nitrogens is 2. The highest BCUT2D eigenvalue weighted by molar-refractivity contribution is 6.02. The Balaban J connectivity index is 2.04. The Morgan fingerprint density at radius 2 is 2.00 bits per heavy atom. The SMILES string of the molecule is CCN(CC)Cc1cccc(NC(=O)/C=C/c2c(C)nn(C)c2C)c1. The molecule has 0 saturated carbocycles. The zero-order chi connectivity index (χ0) is 18.4. The van der Waals surface area contributed by atoms with E-state index in [1.807, 2.05) is 49.9 Å². The summed E-state index contributed by atoms with van der Waals surface area (Å²) < 4.78 is 1.82. The average Bonchev–Trinajstić information content (AvgIpc) is 2.83. The van der Waals surface area contributed by atoms with E-state index in [0.29, 0.717) is 0 Å². The van der Waals surface area contributed by atoms with Gasteiger partial charge in [0, 0.05) is 36.6 Å². The first-order chi connectivity index (χ1) is 11.9. The van der Waals surface area contributed by atoms with Gasteiger partial charge in [0.1, 0.15) is 0 Å². The number of benzene rings is 1. The number of hydrogen-bond acceptors (Lipinski definition) is 3. The lowest BCUT2D eigenvalue weighted by molar-refractivity contribution is -0.111. The molecule has 1 aromatic heterocycles. The van der Waals surface area contributed by atoms with Crippen LogP contribution in [-0.2, 0) is 18.4 Å². The van der Waals surface area contributed by atoms with Gasteiger partial charge in [0.2, 0.25) is 5.91 Å². The summed E-state index contributed by atoms with van der Waals surface area (Å²) in [6.45, 7) is 11.2. The molecule has 0 bridgehead atoms. The predicted octanol–water partition coefficient (Wildman–Crippen LogP) is 3.53. The van der Waals surface area contributed by atoms with Crippen LogP contribution in [0.15, 0.2) is 30.3 Å². The molecule has 1 heterocycles. The van der Waals surface area contributed by atoms with Gasteiger partial charge >= 0.3 is 0 Å². The number of hydrogen-bond donors (Lipinski definition) is 1. The molecule has 0 unspecified atom stereocenters. The zero-order valence-corrected chi connectivity index (χ0v) is 15.8. The fraction of sp³-hybridized carbons (Fsp3) is 0.400. The Hall–Kier alpha value is -2.40. The molecule has 0 saturated heterocycles. The second-order valence-corrected chi connectivity index (χ2v) is 6.19. The van der Waals surface area contributed by atoms with Crippen molar-refractivity contribution in [2.45, 2.75) is 34.2 Å². The van der Waals surface area contributed by atoms with Gasteiger partial charge in [-0.2, -0.15) is 5.10 Å². The molecule has 0 radical (unpaired) electrons. The molecule has 0 spiro atoms. The maximum Gasteiger partial charge on any atom is 0.248 e. The van der Waals surface area contributed by atoms with Crippen LogP contribution in [0.3, 0.4) is 0 Å². The smallest absolute Gasteiger partial charge is 0.248 e. The Morgan fingerprint density at radius 3 is 2.60 bits per heavy atom. The summed E-state index contributed by atoms with van der Waals surface area (Å²) >= 11 is 0. The number of rotatable bonds is 7. The van der Waals surface area contributed by atoms with Crippen LogP contribution >= 0.6 is 0 Å². The van der Waals surface area contributed by atoms with E-state index >= 15 is 0 Å². The van der Waals surface area contributed by atoms with Crippen LogP contribution in [0.25, 0.3) is 6.08 Å². The van der Waals surface area contributed by atoms with E-state index in [4.69, 9.17) is 0 Å². The third-order valence-corrected chi connectivity index (χ3v) is 4.46. The third kappa shape index (κ3) is 5.03. The number of amides is 1. The van der Waals surface area contributed by atoms with Crippen molar-refractivity contribution in [3.05, 3.63) is 52.9 Å². The minimum absolute atomic E-state index is 0.136. The molecule has 5 nitrogen and oxygen atoms in total. The summed E-state index contributed by atoms with van der Waals surface area (Å²) in [5, 5.41) is 7.29. The topological polar surface area (TPSA) is 50.2 Å². The van der Waals surface area contributed by atoms with Crippen LogP contribution < -0.4 is 5.32 Å². The van der Waals surface area contributed by atoms with Crippen molar-refractivity contribution < 1.29 is 4.79 Å². The van der Waals surface area contributed by atoms with E-state index in [2.05, 4.69) is 35.2 Å². The molecule has 25 heavy (non-hydrogen) atoms. The maximum atomic E-state index is 12.2. The monoisotopic (exact) mass is 340 g/mol. The number of anilines is 1. The van der Waals surface area contributed by atoms with E-state index in [-0.39, 0.29) is 5.91 Å². The fourth-order valence-electron chi connectivity index (χ4n) is 2.83. The molecule has 1 aromatic carbocycles. The number of carbonyl (C=O) groups is 1. The molecule has 1 amide bonds. The summed E-state index contributed by atoms with van der Waals surface area (Å²) in [5.74, 6) is -0.136. The van der Waals surface area contributed by atoms with Gasteiger partial charge in [-0.15, -0.1) is 0 Å². The Labute approximate surface area is 150 Å². The summed E-state index contributed by atoms with van der Waals surface area (Å²) in [6, 6.07) is 8.02. The minimum atomic E-state index is -0.136. The molecule has 2 aromatic rings. The second kappa shape index (κ2) is 8.62. The highest BCUT2D eigenvalue weighted by atomic mass is 16.1. The first-order valence-corrected chi connectivity index (χ1v) is 8.75. The lowest BCUT2D eigenvalue weighted by Gasteiger charge is -2.18. The number of aryl methyl sites for hydroxylation is 2. The zero-order valence-electron chi connectivity index (χ0n) is 15.8. The first kappa shape index (κ1) is 18.9. The summed E-state index contributed by atoms with van der Waals surface area (Å²) in [5.41, 5.74) is 4.98. The van der Waals surface area contributed by atoms with Crippen molar-refractivity contribution >= 4 is 17.7 Å². The van der Waals surface area contributed by atoms with Crippen molar-refractivity contribution in [1.82, 2.24) is 14.7 Å². The Bertz CT molecular complexity index is 757. The van der Waals surface area contributed by atoms with E-state index in [0.717, 1.165) is 42.3 Å². The van der Waals surface area contributed by atoms with E-state index < -0.39 is 0 Å². The molecule has 0 fully saturated rings. The van der Waals surface area contributed by atoms with Crippen LogP contribution in [0.2, 0.25) is 0 Å². The standard InChI is InChI=1S/C20H28N4O/c1-6-24(7-2)14-17-9-8-10-18(13-17)21-20(25)12-11-19-15(3)22-23(5)16(19)4/h8-13H,6-7,14H2,1-5H3,(H,21,25)/b12-11+. The minimum Gasteiger partial charge on any atom is -0.323 e.